The third kappa shape index (κ3) is 5.73. The predicted octanol–water partition coefficient (Wildman–Crippen LogP) is 4.92. The standard InChI is InChI=1S/C24H19ClFN3O4S/c25-17-7-5-15(6-8-17)19-14-28-22(33-19)10-9-21(30)27-11-12-29-23(31)20(34-24(29)32)13-16-3-1-2-4-18(16)26/h1-8,13-14H,9-12H2,(H,27,30)/b20-13-. The Kier molecular flexibility index (Phi) is 7.44. The highest BCUT2D eigenvalue weighted by atomic mass is 35.5. The molecule has 1 aromatic heterocycles. The molecule has 34 heavy (non-hydrogen) atoms. The van der Waals surface area contributed by atoms with Gasteiger partial charge in [-0.15, -0.1) is 0 Å². The first-order valence-electron chi connectivity index (χ1n) is 10.4. The number of halogens is 2. The van der Waals surface area contributed by atoms with E-state index >= 15 is 0 Å². The van der Waals surface area contributed by atoms with Crippen molar-refractivity contribution in [1.29, 1.82) is 0 Å². The molecule has 0 saturated carbocycles. The Morgan fingerprint density at radius 1 is 1.18 bits per heavy atom. The van der Waals surface area contributed by atoms with Crippen molar-refractivity contribution in [3.05, 3.63) is 81.9 Å². The zero-order valence-electron chi connectivity index (χ0n) is 17.8. The summed E-state index contributed by atoms with van der Waals surface area (Å²) in [5, 5.41) is 2.84. The van der Waals surface area contributed by atoms with Gasteiger partial charge in [-0.05, 0) is 48.2 Å². The number of aryl methyl sites for hydroxylation is 1. The molecular weight excluding hydrogens is 481 g/mol. The van der Waals surface area contributed by atoms with Crippen molar-refractivity contribution in [3.8, 4) is 11.3 Å². The molecule has 174 valence electrons. The van der Waals surface area contributed by atoms with Gasteiger partial charge in [-0.1, -0.05) is 29.8 Å². The van der Waals surface area contributed by atoms with Gasteiger partial charge in [-0.3, -0.25) is 19.3 Å². The fourth-order valence-corrected chi connectivity index (χ4v) is 4.20. The normalized spacial score (nSPS) is 14.8. The van der Waals surface area contributed by atoms with Crippen molar-refractivity contribution in [3.63, 3.8) is 0 Å². The van der Waals surface area contributed by atoms with Gasteiger partial charge in [0, 0.05) is 42.1 Å². The Bertz CT molecular complexity index is 1260. The van der Waals surface area contributed by atoms with Crippen LogP contribution >= 0.6 is 23.4 Å². The van der Waals surface area contributed by atoms with Gasteiger partial charge in [0.1, 0.15) is 5.82 Å². The number of hydrogen-bond acceptors (Lipinski definition) is 6. The zero-order chi connectivity index (χ0) is 24.1. The molecule has 4 rings (SSSR count). The number of carbonyl (C=O) groups excluding carboxylic acids is 3. The summed E-state index contributed by atoms with van der Waals surface area (Å²) in [6.45, 7) is 0.121. The van der Waals surface area contributed by atoms with E-state index in [9.17, 15) is 18.8 Å². The summed E-state index contributed by atoms with van der Waals surface area (Å²) >= 11 is 6.63. The van der Waals surface area contributed by atoms with Gasteiger partial charge in [0.25, 0.3) is 11.1 Å². The Labute approximate surface area is 204 Å². The Morgan fingerprint density at radius 2 is 1.94 bits per heavy atom. The van der Waals surface area contributed by atoms with Crippen LogP contribution in [0.3, 0.4) is 0 Å². The number of nitrogens with zero attached hydrogens (tertiary/aromatic N) is 2. The van der Waals surface area contributed by atoms with Crippen LogP contribution in [0, 0.1) is 5.82 Å². The second-order valence-electron chi connectivity index (χ2n) is 7.33. The number of hydrogen-bond donors (Lipinski definition) is 1. The lowest BCUT2D eigenvalue weighted by Gasteiger charge is -2.12. The molecule has 0 aliphatic carbocycles. The van der Waals surface area contributed by atoms with E-state index in [1.54, 1.807) is 30.5 Å². The number of imide groups is 1. The Balaban J connectivity index is 1.24. The number of carbonyl (C=O) groups is 3. The molecule has 1 N–H and O–H groups in total. The molecule has 1 aliphatic heterocycles. The molecule has 2 heterocycles. The average molecular weight is 500 g/mol. The second kappa shape index (κ2) is 10.7. The molecule has 0 bridgehead atoms. The molecular formula is C24H19ClFN3O4S. The van der Waals surface area contributed by atoms with Crippen molar-refractivity contribution < 1.29 is 23.2 Å². The van der Waals surface area contributed by atoms with Crippen LogP contribution in [0.4, 0.5) is 9.18 Å². The number of aromatic nitrogens is 1. The molecule has 0 spiro atoms. The van der Waals surface area contributed by atoms with E-state index in [0.29, 0.717) is 23.1 Å². The lowest BCUT2D eigenvalue weighted by Crippen LogP contribution is -2.37. The minimum Gasteiger partial charge on any atom is -0.441 e. The number of benzene rings is 2. The summed E-state index contributed by atoms with van der Waals surface area (Å²) in [6.07, 6.45) is 3.38. The molecule has 3 amide bonds. The predicted molar refractivity (Wildman–Crippen MR) is 127 cm³/mol. The Morgan fingerprint density at radius 3 is 2.71 bits per heavy atom. The number of nitrogens with one attached hydrogen (secondary N) is 1. The molecule has 1 fully saturated rings. The third-order valence-corrected chi connectivity index (χ3v) is 6.13. The number of thioether (sulfide) groups is 1. The SMILES string of the molecule is O=C(CCc1ncc(-c2ccc(Cl)cc2)o1)NCCN1C(=O)S/C(=C\c2ccccc2F)C1=O. The fourth-order valence-electron chi connectivity index (χ4n) is 3.22. The molecule has 10 heteroatoms. The molecule has 0 radical (unpaired) electrons. The summed E-state index contributed by atoms with van der Waals surface area (Å²) in [5.41, 5.74) is 1.06. The van der Waals surface area contributed by atoms with E-state index in [2.05, 4.69) is 10.3 Å². The fraction of sp³-hybridized carbons (Fsp3) is 0.167. The topological polar surface area (TPSA) is 92.5 Å². The Hall–Kier alpha value is -3.43. The molecule has 1 aliphatic rings. The van der Waals surface area contributed by atoms with Crippen LogP contribution in [-0.2, 0) is 16.0 Å². The van der Waals surface area contributed by atoms with Crippen LogP contribution in [0.15, 0.2) is 64.1 Å². The summed E-state index contributed by atoms with van der Waals surface area (Å²) in [6, 6.07) is 13.1. The molecule has 1 saturated heterocycles. The highest BCUT2D eigenvalue weighted by Gasteiger charge is 2.34. The summed E-state index contributed by atoms with van der Waals surface area (Å²) in [7, 11) is 0. The number of rotatable bonds is 8. The van der Waals surface area contributed by atoms with Crippen molar-refractivity contribution in [2.24, 2.45) is 0 Å². The monoisotopic (exact) mass is 499 g/mol. The minimum atomic E-state index is -0.512. The number of oxazole rings is 1. The van der Waals surface area contributed by atoms with Gasteiger partial charge < -0.3 is 9.73 Å². The van der Waals surface area contributed by atoms with Crippen molar-refractivity contribution in [2.45, 2.75) is 12.8 Å². The maximum Gasteiger partial charge on any atom is 0.293 e. The lowest BCUT2D eigenvalue weighted by molar-refractivity contribution is -0.124. The quantitative estimate of drug-likeness (QED) is 0.442. The van der Waals surface area contributed by atoms with Gasteiger partial charge in [0.15, 0.2) is 11.7 Å². The van der Waals surface area contributed by atoms with Crippen LogP contribution in [-0.4, -0.2) is 40.0 Å². The highest BCUT2D eigenvalue weighted by Crippen LogP contribution is 2.32. The smallest absolute Gasteiger partial charge is 0.293 e. The molecule has 3 aromatic rings. The van der Waals surface area contributed by atoms with E-state index in [1.807, 2.05) is 12.1 Å². The lowest BCUT2D eigenvalue weighted by atomic mass is 10.2. The maximum atomic E-state index is 13.8. The minimum absolute atomic E-state index is 0.0186. The molecule has 7 nitrogen and oxygen atoms in total. The van der Waals surface area contributed by atoms with Crippen LogP contribution in [0.25, 0.3) is 17.4 Å². The van der Waals surface area contributed by atoms with E-state index in [-0.39, 0.29) is 35.9 Å². The maximum absolute atomic E-state index is 13.8. The first-order chi connectivity index (χ1) is 16.4. The summed E-state index contributed by atoms with van der Waals surface area (Å²) < 4.78 is 19.5. The van der Waals surface area contributed by atoms with Gasteiger partial charge in [0.2, 0.25) is 5.91 Å². The second-order valence-corrected chi connectivity index (χ2v) is 8.76. The van der Waals surface area contributed by atoms with Gasteiger partial charge >= 0.3 is 0 Å². The van der Waals surface area contributed by atoms with E-state index in [4.69, 9.17) is 16.0 Å². The van der Waals surface area contributed by atoms with Gasteiger partial charge in [-0.25, -0.2) is 9.37 Å². The van der Waals surface area contributed by atoms with Gasteiger partial charge in [0.05, 0.1) is 11.1 Å². The molecule has 0 atom stereocenters. The van der Waals surface area contributed by atoms with Crippen molar-refractivity contribution >= 4 is 46.5 Å². The van der Waals surface area contributed by atoms with Crippen LogP contribution in [0.5, 0.6) is 0 Å². The third-order valence-electron chi connectivity index (χ3n) is 4.97. The highest BCUT2D eigenvalue weighted by molar-refractivity contribution is 8.18. The van der Waals surface area contributed by atoms with Crippen LogP contribution in [0.2, 0.25) is 5.02 Å². The van der Waals surface area contributed by atoms with Crippen molar-refractivity contribution in [2.75, 3.05) is 13.1 Å². The first kappa shape index (κ1) is 23.7. The van der Waals surface area contributed by atoms with E-state index in [1.165, 1.54) is 18.2 Å². The van der Waals surface area contributed by atoms with Crippen LogP contribution in [0.1, 0.15) is 17.9 Å². The molecule has 2 aromatic carbocycles. The largest absolute Gasteiger partial charge is 0.441 e. The zero-order valence-corrected chi connectivity index (χ0v) is 19.4. The van der Waals surface area contributed by atoms with Gasteiger partial charge in [-0.2, -0.15) is 0 Å². The first-order valence-corrected chi connectivity index (χ1v) is 11.6. The summed E-state index contributed by atoms with van der Waals surface area (Å²) in [5.74, 6) is -0.255. The van der Waals surface area contributed by atoms with Crippen LogP contribution < -0.4 is 5.32 Å². The van der Waals surface area contributed by atoms with E-state index < -0.39 is 17.0 Å². The molecule has 0 unspecified atom stereocenters. The average Bonchev–Trinajstić information content (AvgIpc) is 3.40. The van der Waals surface area contributed by atoms with E-state index in [0.717, 1.165) is 22.2 Å². The van der Waals surface area contributed by atoms with Crippen molar-refractivity contribution in [1.82, 2.24) is 15.2 Å². The summed E-state index contributed by atoms with van der Waals surface area (Å²) in [4.78, 5) is 42.2. The number of amides is 3.